The molecule has 0 amide bonds. The molecule has 0 saturated heterocycles. The van der Waals surface area contributed by atoms with Crippen LogP contribution in [0.2, 0.25) is 0 Å². The van der Waals surface area contributed by atoms with Crippen molar-refractivity contribution in [3.8, 4) is 0 Å². The molecule has 6 heteroatoms. The molecule has 1 aliphatic heterocycles. The molecule has 22 heavy (non-hydrogen) atoms. The normalized spacial score (nSPS) is 19.7. The number of carbonyl (C=O) groups is 1. The zero-order valence-electron chi connectivity index (χ0n) is 13.3. The fourth-order valence-corrected chi connectivity index (χ4v) is 4.44. The summed E-state index contributed by atoms with van der Waals surface area (Å²) < 4.78 is 31.9. The molecule has 0 N–H and O–H groups in total. The Kier molecular flexibility index (Phi) is 4.44. The fourth-order valence-electron chi connectivity index (χ4n) is 2.45. The molecule has 1 aromatic carbocycles. The van der Waals surface area contributed by atoms with E-state index in [4.69, 9.17) is 4.74 Å². The van der Waals surface area contributed by atoms with Crippen LogP contribution in [-0.4, -0.2) is 37.4 Å². The zero-order valence-corrected chi connectivity index (χ0v) is 14.1. The van der Waals surface area contributed by atoms with E-state index in [9.17, 15) is 13.2 Å². The van der Waals surface area contributed by atoms with Crippen molar-refractivity contribution in [2.75, 3.05) is 13.2 Å². The maximum atomic E-state index is 12.8. The van der Waals surface area contributed by atoms with Crippen molar-refractivity contribution >= 4 is 21.6 Å². The van der Waals surface area contributed by atoms with Gasteiger partial charge in [0.15, 0.2) is 0 Å². The molecule has 0 unspecified atom stereocenters. The first-order valence-corrected chi connectivity index (χ1v) is 8.61. The van der Waals surface area contributed by atoms with Crippen LogP contribution in [-0.2, 0) is 19.6 Å². The molecule has 1 heterocycles. The van der Waals surface area contributed by atoms with E-state index < -0.39 is 21.5 Å². The summed E-state index contributed by atoms with van der Waals surface area (Å²) in [7, 11) is -3.58. The van der Waals surface area contributed by atoms with Gasteiger partial charge in [0.2, 0.25) is 10.0 Å². The fraction of sp³-hybridized carbons (Fsp3) is 0.438. The molecule has 0 bridgehead atoms. The van der Waals surface area contributed by atoms with Crippen LogP contribution in [0.1, 0.15) is 33.3 Å². The number of hydrogen-bond acceptors (Lipinski definition) is 4. The molecule has 0 atom stereocenters. The summed E-state index contributed by atoms with van der Waals surface area (Å²) in [6.07, 6.45) is 1.38. The molecule has 2 rings (SSSR count). The maximum absolute atomic E-state index is 12.8. The maximum Gasteiger partial charge on any atom is 0.331 e. The zero-order chi connectivity index (χ0) is 16.5. The third-order valence-corrected chi connectivity index (χ3v) is 5.61. The lowest BCUT2D eigenvalue weighted by Gasteiger charge is -2.38. The minimum Gasteiger partial charge on any atom is -0.463 e. The van der Waals surface area contributed by atoms with Crippen molar-refractivity contribution < 1.29 is 17.9 Å². The lowest BCUT2D eigenvalue weighted by molar-refractivity contribution is -0.137. The van der Waals surface area contributed by atoms with Crippen LogP contribution >= 0.6 is 0 Å². The molecule has 120 valence electrons. The number of fused-ring (bicyclic) bond motifs is 1. The van der Waals surface area contributed by atoms with E-state index in [0.717, 1.165) is 0 Å². The summed E-state index contributed by atoms with van der Waals surface area (Å²) in [6.45, 7) is 7.67. The Morgan fingerprint density at radius 1 is 1.32 bits per heavy atom. The van der Waals surface area contributed by atoms with Gasteiger partial charge in [0.1, 0.15) is 0 Å². The van der Waals surface area contributed by atoms with E-state index in [1.54, 1.807) is 31.2 Å². The number of nitrogens with zero attached hydrogens (tertiary/aromatic N) is 1. The van der Waals surface area contributed by atoms with Crippen LogP contribution in [0.25, 0.3) is 5.57 Å². The van der Waals surface area contributed by atoms with Gasteiger partial charge in [-0.15, -0.1) is 0 Å². The second-order valence-electron chi connectivity index (χ2n) is 6.10. The van der Waals surface area contributed by atoms with Crippen LogP contribution in [0.3, 0.4) is 0 Å². The molecule has 0 spiro atoms. The first kappa shape index (κ1) is 16.7. The molecule has 5 nitrogen and oxygen atoms in total. The lowest BCUT2D eigenvalue weighted by Crippen LogP contribution is -2.48. The van der Waals surface area contributed by atoms with E-state index in [1.165, 1.54) is 10.4 Å². The highest BCUT2D eigenvalue weighted by molar-refractivity contribution is 7.89. The van der Waals surface area contributed by atoms with E-state index in [1.807, 2.05) is 20.8 Å². The monoisotopic (exact) mass is 323 g/mol. The van der Waals surface area contributed by atoms with E-state index in [2.05, 4.69) is 0 Å². The van der Waals surface area contributed by atoms with E-state index in [0.29, 0.717) is 11.1 Å². The summed E-state index contributed by atoms with van der Waals surface area (Å²) in [5.74, 6) is -0.458. The Hall–Kier alpha value is -1.66. The summed E-state index contributed by atoms with van der Waals surface area (Å²) in [5.41, 5.74) is 0.634. The number of benzene rings is 1. The average molecular weight is 323 g/mol. The highest BCUT2D eigenvalue weighted by Crippen LogP contribution is 2.36. The topological polar surface area (TPSA) is 63.7 Å². The van der Waals surface area contributed by atoms with Crippen molar-refractivity contribution in [2.24, 2.45) is 0 Å². The summed E-state index contributed by atoms with van der Waals surface area (Å²) in [6, 6.07) is 6.74. The van der Waals surface area contributed by atoms with E-state index in [-0.39, 0.29) is 18.0 Å². The quantitative estimate of drug-likeness (QED) is 0.619. The minimum absolute atomic E-state index is 0.154. The number of hydrogen-bond donors (Lipinski definition) is 0. The van der Waals surface area contributed by atoms with Crippen LogP contribution in [0, 0.1) is 0 Å². The van der Waals surface area contributed by atoms with E-state index >= 15 is 0 Å². The van der Waals surface area contributed by atoms with Gasteiger partial charge in [-0.2, -0.15) is 4.31 Å². The van der Waals surface area contributed by atoms with Gasteiger partial charge >= 0.3 is 5.97 Å². The SMILES string of the molecule is CCOC(=O)/C=C1\CN(C(C)(C)C)S(=O)(=O)c2ccccc21. The Labute approximate surface area is 131 Å². The van der Waals surface area contributed by atoms with Gasteiger partial charge in [0.25, 0.3) is 0 Å². The van der Waals surface area contributed by atoms with Gasteiger partial charge in [-0.3, -0.25) is 0 Å². The third-order valence-electron chi connectivity index (χ3n) is 3.44. The smallest absolute Gasteiger partial charge is 0.331 e. The number of esters is 1. The lowest BCUT2D eigenvalue weighted by atomic mass is 10.0. The number of rotatable bonds is 2. The third kappa shape index (κ3) is 3.08. The summed E-state index contributed by atoms with van der Waals surface area (Å²) >= 11 is 0. The largest absolute Gasteiger partial charge is 0.463 e. The predicted octanol–water partition coefficient (Wildman–Crippen LogP) is 2.44. The van der Waals surface area contributed by atoms with Crippen LogP contribution < -0.4 is 0 Å². The minimum atomic E-state index is -3.58. The Morgan fingerprint density at radius 3 is 2.55 bits per heavy atom. The average Bonchev–Trinajstić information content (AvgIpc) is 2.41. The second-order valence-corrected chi connectivity index (χ2v) is 7.93. The molecule has 1 aromatic rings. The Balaban J connectivity index is 2.61. The van der Waals surface area contributed by atoms with Crippen LogP contribution in [0.15, 0.2) is 35.2 Å². The summed E-state index contributed by atoms with van der Waals surface area (Å²) in [4.78, 5) is 12.0. The van der Waals surface area contributed by atoms with Gasteiger partial charge in [0, 0.05) is 18.2 Å². The van der Waals surface area contributed by atoms with Gasteiger partial charge in [-0.1, -0.05) is 18.2 Å². The van der Waals surface area contributed by atoms with Gasteiger partial charge in [0.05, 0.1) is 11.5 Å². The van der Waals surface area contributed by atoms with Gasteiger partial charge in [-0.25, -0.2) is 13.2 Å². The molecule has 0 aromatic heterocycles. The van der Waals surface area contributed by atoms with Crippen molar-refractivity contribution in [3.05, 3.63) is 35.9 Å². The highest BCUT2D eigenvalue weighted by Gasteiger charge is 2.40. The standard InChI is InChI=1S/C16H21NO4S/c1-5-21-15(18)10-12-11-17(16(2,3)4)22(19,20)14-9-7-6-8-13(12)14/h6-10H,5,11H2,1-4H3/b12-10+. The summed E-state index contributed by atoms with van der Waals surface area (Å²) in [5, 5.41) is 0. The predicted molar refractivity (Wildman–Crippen MR) is 84.7 cm³/mol. The molecule has 1 aliphatic rings. The molecule has 0 radical (unpaired) electrons. The first-order valence-electron chi connectivity index (χ1n) is 7.17. The molecular weight excluding hydrogens is 302 g/mol. The first-order chi connectivity index (χ1) is 10.2. The number of carbonyl (C=O) groups excluding carboxylic acids is 1. The van der Waals surface area contributed by atoms with Crippen molar-refractivity contribution in [1.82, 2.24) is 4.31 Å². The second kappa shape index (κ2) is 5.85. The highest BCUT2D eigenvalue weighted by atomic mass is 32.2. The molecule has 0 aliphatic carbocycles. The molecular formula is C16H21NO4S. The van der Waals surface area contributed by atoms with Crippen molar-refractivity contribution in [3.63, 3.8) is 0 Å². The molecule has 0 saturated carbocycles. The van der Waals surface area contributed by atoms with Gasteiger partial charge < -0.3 is 4.74 Å². The Morgan fingerprint density at radius 2 is 1.95 bits per heavy atom. The number of sulfonamides is 1. The Bertz CT molecular complexity index is 714. The number of ether oxygens (including phenoxy) is 1. The van der Waals surface area contributed by atoms with Crippen molar-refractivity contribution in [2.45, 2.75) is 38.1 Å². The van der Waals surface area contributed by atoms with Crippen LogP contribution in [0.4, 0.5) is 0 Å². The molecule has 0 fully saturated rings. The van der Waals surface area contributed by atoms with Gasteiger partial charge in [-0.05, 0) is 44.9 Å². The van der Waals surface area contributed by atoms with Crippen molar-refractivity contribution in [1.29, 1.82) is 0 Å². The van der Waals surface area contributed by atoms with Crippen LogP contribution in [0.5, 0.6) is 0 Å².